The molecule has 0 aliphatic rings. The van der Waals surface area contributed by atoms with E-state index in [0.29, 0.717) is 0 Å². The van der Waals surface area contributed by atoms with Gasteiger partial charge in [-0.1, -0.05) is 17.7 Å². The minimum Gasteiger partial charge on any atom is -0.323 e. The highest BCUT2D eigenvalue weighted by atomic mass is 35.5. The molecule has 0 fully saturated rings. The fourth-order valence-electron chi connectivity index (χ4n) is 1.07. The maximum atomic E-state index is 13.2. The van der Waals surface area contributed by atoms with Crippen LogP contribution in [-0.4, -0.2) is 0 Å². The van der Waals surface area contributed by atoms with E-state index >= 15 is 0 Å². The van der Waals surface area contributed by atoms with Crippen molar-refractivity contribution >= 4 is 11.6 Å². The van der Waals surface area contributed by atoms with Gasteiger partial charge in [0.1, 0.15) is 5.82 Å². The van der Waals surface area contributed by atoms with E-state index in [1.165, 1.54) is 12.1 Å². The molecule has 0 aliphatic carbocycles. The van der Waals surface area contributed by atoms with Crippen LogP contribution in [-0.2, 0) is 0 Å². The summed E-state index contributed by atoms with van der Waals surface area (Å²) in [4.78, 5) is 0. The zero-order valence-corrected chi connectivity index (χ0v) is 7.55. The first-order valence-electron chi connectivity index (χ1n) is 3.73. The van der Waals surface area contributed by atoms with Crippen LogP contribution in [0.15, 0.2) is 18.2 Å². The van der Waals surface area contributed by atoms with E-state index in [0.717, 1.165) is 0 Å². The van der Waals surface area contributed by atoms with Crippen molar-refractivity contribution in [1.29, 1.82) is 5.26 Å². The van der Waals surface area contributed by atoms with Gasteiger partial charge in [0.05, 0.1) is 12.5 Å². The third-order valence-corrected chi connectivity index (χ3v) is 2.01. The number of hydrogen-bond donors (Lipinski definition) is 1. The molecule has 2 N–H and O–H groups in total. The summed E-state index contributed by atoms with van der Waals surface area (Å²) in [5.74, 6) is -0.463. The molecule has 0 heterocycles. The Hall–Kier alpha value is -1.11. The lowest BCUT2D eigenvalue weighted by molar-refractivity contribution is 0.585. The minimum atomic E-state index is -0.654. The summed E-state index contributed by atoms with van der Waals surface area (Å²) >= 11 is 5.73. The van der Waals surface area contributed by atoms with Crippen molar-refractivity contribution in [3.8, 4) is 6.07 Å². The molecule has 13 heavy (non-hydrogen) atoms. The van der Waals surface area contributed by atoms with Crippen molar-refractivity contribution in [2.75, 3.05) is 0 Å². The molecular formula is C9H8ClFN2. The Morgan fingerprint density at radius 1 is 1.62 bits per heavy atom. The normalized spacial score (nSPS) is 12.2. The zero-order chi connectivity index (χ0) is 9.84. The third kappa shape index (κ3) is 2.18. The summed E-state index contributed by atoms with van der Waals surface area (Å²) in [6.45, 7) is 0. The van der Waals surface area contributed by atoms with Gasteiger partial charge in [-0.15, -0.1) is 0 Å². The molecule has 1 atom stereocenters. The van der Waals surface area contributed by atoms with Crippen molar-refractivity contribution < 1.29 is 4.39 Å². The lowest BCUT2D eigenvalue weighted by Gasteiger charge is -2.10. The molecule has 0 spiro atoms. The van der Waals surface area contributed by atoms with Crippen molar-refractivity contribution in [2.45, 2.75) is 12.5 Å². The molecular weight excluding hydrogens is 191 g/mol. The van der Waals surface area contributed by atoms with E-state index in [4.69, 9.17) is 22.6 Å². The zero-order valence-electron chi connectivity index (χ0n) is 6.80. The Kier molecular flexibility index (Phi) is 3.24. The van der Waals surface area contributed by atoms with Crippen molar-refractivity contribution in [2.24, 2.45) is 5.73 Å². The number of nitriles is 1. The highest BCUT2D eigenvalue weighted by Gasteiger charge is 2.14. The van der Waals surface area contributed by atoms with Gasteiger partial charge in [-0.25, -0.2) is 4.39 Å². The van der Waals surface area contributed by atoms with Crippen LogP contribution < -0.4 is 5.73 Å². The average Bonchev–Trinajstić information content (AvgIpc) is 2.04. The summed E-state index contributed by atoms with van der Waals surface area (Å²) in [7, 11) is 0. The van der Waals surface area contributed by atoms with E-state index in [1.807, 2.05) is 6.07 Å². The van der Waals surface area contributed by atoms with Crippen LogP contribution in [0, 0.1) is 17.1 Å². The molecule has 1 aromatic rings. The monoisotopic (exact) mass is 198 g/mol. The maximum absolute atomic E-state index is 13.2. The van der Waals surface area contributed by atoms with Gasteiger partial charge in [-0.3, -0.25) is 0 Å². The second kappa shape index (κ2) is 4.22. The number of nitrogens with zero attached hydrogens (tertiary/aromatic N) is 1. The highest BCUT2D eigenvalue weighted by molar-refractivity contribution is 6.31. The first kappa shape index (κ1) is 9.97. The summed E-state index contributed by atoms with van der Waals surface area (Å²) in [5.41, 5.74) is 5.77. The van der Waals surface area contributed by atoms with Crippen LogP contribution in [0.5, 0.6) is 0 Å². The second-order valence-electron chi connectivity index (χ2n) is 2.60. The van der Waals surface area contributed by atoms with Crippen LogP contribution in [0.3, 0.4) is 0 Å². The SMILES string of the molecule is N#CCC(N)c1c(F)cccc1Cl. The van der Waals surface area contributed by atoms with E-state index < -0.39 is 11.9 Å². The topological polar surface area (TPSA) is 49.8 Å². The predicted molar refractivity (Wildman–Crippen MR) is 48.6 cm³/mol. The summed E-state index contributed by atoms with van der Waals surface area (Å²) in [5, 5.41) is 8.65. The number of hydrogen-bond acceptors (Lipinski definition) is 2. The lowest BCUT2D eigenvalue weighted by atomic mass is 10.0. The van der Waals surface area contributed by atoms with Crippen LogP contribution in [0.1, 0.15) is 18.0 Å². The fourth-order valence-corrected chi connectivity index (χ4v) is 1.37. The Balaban J connectivity index is 3.06. The van der Waals surface area contributed by atoms with Gasteiger partial charge in [0.25, 0.3) is 0 Å². The number of nitrogens with two attached hydrogens (primary N) is 1. The largest absolute Gasteiger partial charge is 0.323 e. The predicted octanol–water partition coefficient (Wildman–Crippen LogP) is 2.39. The molecule has 1 aromatic carbocycles. The van der Waals surface area contributed by atoms with Crippen LogP contribution in [0.4, 0.5) is 4.39 Å². The maximum Gasteiger partial charge on any atom is 0.129 e. The average molecular weight is 199 g/mol. The molecule has 0 aliphatic heterocycles. The molecule has 68 valence electrons. The second-order valence-corrected chi connectivity index (χ2v) is 3.01. The van der Waals surface area contributed by atoms with E-state index in [9.17, 15) is 4.39 Å². The van der Waals surface area contributed by atoms with E-state index in [-0.39, 0.29) is 17.0 Å². The number of halogens is 2. The molecule has 0 amide bonds. The summed E-state index contributed by atoms with van der Waals surface area (Å²) in [6.07, 6.45) is 0.0562. The molecule has 0 aromatic heterocycles. The van der Waals surface area contributed by atoms with Crippen LogP contribution in [0.2, 0.25) is 5.02 Å². The van der Waals surface area contributed by atoms with E-state index in [1.54, 1.807) is 6.07 Å². The van der Waals surface area contributed by atoms with Gasteiger partial charge < -0.3 is 5.73 Å². The fraction of sp³-hybridized carbons (Fsp3) is 0.222. The van der Waals surface area contributed by atoms with Crippen molar-refractivity contribution in [1.82, 2.24) is 0 Å². The van der Waals surface area contributed by atoms with Gasteiger partial charge in [0, 0.05) is 16.6 Å². The van der Waals surface area contributed by atoms with Crippen molar-refractivity contribution in [3.63, 3.8) is 0 Å². The van der Waals surface area contributed by atoms with Crippen LogP contribution >= 0.6 is 11.6 Å². The number of rotatable bonds is 2. The molecule has 1 unspecified atom stereocenters. The quantitative estimate of drug-likeness (QED) is 0.793. The molecule has 0 saturated heterocycles. The molecule has 2 nitrogen and oxygen atoms in total. The highest BCUT2D eigenvalue weighted by Crippen LogP contribution is 2.25. The molecule has 0 bridgehead atoms. The van der Waals surface area contributed by atoms with Gasteiger partial charge in [0.2, 0.25) is 0 Å². The minimum absolute atomic E-state index is 0.0562. The first-order chi connectivity index (χ1) is 6.16. The summed E-state index contributed by atoms with van der Waals surface area (Å²) < 4.78 is 13.2. The smallest absolute Gasteiger partial charge is 0.129 e. The van der Waals surface area contributed by atoms with Gasteiger partial charge in [-0.2, -0.15) is 5.26 Å². The van der Waals surface area contributed by atoms with Gasteiger partial charge >= 0.3 is 0 Å². The van der Waals surface area contributed by atoms with Crippen LogP contribution in [0.25, 0.3) is 0 Å². The molecule has 0 saturated carbocycles. The summed E-state index contributed by atoms with van der Waals surface area (Å²) in [6, 6.07) is 5.55. The molecule has 4 heteroatoms. The standard InChI is InChI=1S/C9H8ClFN2/c10-6-2-1-3-7(11)9(6)8(13)4-5-12/h1-3,8H,4,13H2. The Morgan fingerprint density at radius 2 is 2.31 bits per heavy atom. The third-order valence-electron chi connectivity index (χ3n) is 1.68. The van der Waals surface area contributed by atoms with Crippen molar-refractivity contribution in [3.05, 3.63) is 34.6 Å². The first-order valence-corrected chi connectivity index (χ1v) is 4.11. The Labute approximate surface area is 80.7 Å². The number of benzene rings is 1. The molecule has 0 radical (unpaired) electrons. The van der Waals surface area contributed by atoms with E-state index in [2.05, 4.69) is 0 Å². The van der Waals surface area contributed by atoms with Gasteiger partial charge in [0.15, 0.2) is 0 Å². The Morgan fingerprint density at radius 3 is 2.85 bits per heavy atom. The van der Waals surface area contributed by atoms with Gasteiger partial charge in [-0.05, 0) is 12.1 Å². The molecule has 1 rings (SSSR count). The Bertz CT molecular complexity index is 326. The lowest BCUT2D eigenvalue weighted by Crippen LogP contribution is -2.11.